The number of carbonyl (C=O) groups is 1. The van der Waals surface area contributed by atoms with Crippen LogP contribution < -0.4 is 5.32 Å². The largest absolute Gasteiger partial charge is 0.462 e. The van der Waals surface area contributed by atoms with Crippen LogP contribution in [0.4, 0.5) is 5.69 Å². The topological polar surface area (TPSA) is 61.8 Å². The van der Waals surface area contributed by atoms with Crippen LogP contribution in [0.5, 0.6) is 0 Å². The summed E-state index contributed by atoms with van der Waals surface area (Å²) in [5, 5.41) is 13.4. The summed E-state index contributed by atoms with van der Waals surface area (Å²) in [6.07, 6.45) is 1.55. The highest BCUT2D eigenvalue weighted by atomic mass is 16.5. The minimum absolute atomic E-state index is 0.324. The molecule has 1 fully saturated rings. The van der Waals surface area contributed by atoms with Crippen molar-refractivity contribution in [2.75, 3.05) is 25.0 Å². The van der Waals surface area contributed by atoms with E-state index in [1.165, 1.54) is 0 Å². The van der Waals surface area contributed by atoms with Crippen molar-refractivity contribution in [2.45, 2.75) is 40.0 Å². The molecule has 0 amide bonds. The summed E-state index contributed by atoms with van der Waals surface area (Å²) >= 11 is 0. The first-order valence-corrected chi connectivity index (χ1v) is 8.47. The normalized spacial score (nSPS) is 18.0. The smallest absolute Gasteiger partial charge is 0.338 e. The predicted octanol–water partition coefficient (Wildman–Crippen LogP) is 2.92. The highest BCUT2D eigenvalue weighted by molar-refractivity contribution is 5.89. The molecule has 23 heavy (non-hydrogen) atoms. The summed E-state index contributed by atoms with van der Waals surface area (Å²) in [5.74, 6) is 1.13. The van der Waals surface area contributed by atoms with Gasteiger partial charge in [0.2, 0.25) is 0 Å². The van der Waals surface area contributed by atoms with Gasteiger partial charge in [0.1, 0.15) is 0 Å². The van der Waals surface area contributed by atoms with Gasteiger partial charge in [0.15, 0.2) is 6.35 Å². The van der Waals surface area contributed by atoms with Gasteiger partial charge in [-0.25, -0.2) is 4.79 Å². The summed E-state index contributed by atoms with van der Waals surface area (Å²) in [7, 11) is 0. The lowest BCUT2D eigenvalue weighted by atomic mass is 9.87. The van der Waals surface area contributed by atoms with Gasteiger partial charge in [0.25, 0.3) is 0 Å². The Hall–Kier alpha value is -1.59. The van der Waals surface area contributed by atoms with E-state index >= 15 is 0 Å². The first kappa shape index (κ1) is 17.8. The number of carbonyl (C=O) groups excluding carboxylic acids is 1. The van der Waals surface area contributed by atoms with Crippen LogP contribution in [0.2, 0.25) is 0 Å². The summed E-state index contributed by atoms with van der Waals surface area (Å²) in [6, 6.07) is 6.99. The van der Waals surface area contributed by atoms with Crippen molar-refractivity contribution in [2.24, 2.45) is 11.8 Å². The number of rotatable bonds is 6. The average Bonchev–Trinajstić information content (AvgIpc) is 2.55. The minimum Gasteiger partial charge on any atom is -0.462 e. The fraction of sp³-hybridized carbons (Fsp3) is 0.611. The molecule has 0 bridgehead atoms. The Morgan fingerprint density at radius 1 is 1.30 bits per heavy atom. The van der Waals surface area contributed by atoms with Crippen LogP contribution in [0.25, 0.3) is 0 Å². The lowest BCUT2D eigenvalue weighted by Crippen LogP contribution is -2.46. The van der Waals surface area contributed by atoms with Crippen LogP contribution in [0, 0.1) is 11.8 Å². The molecule has 0 aliphatic carbocycles. The summed E-state index contributed by atoms with van der Waals surface area (Å²) in [6.45, 7) is 8.48. The number of benzene rings is 1. The third-order valence-corrected chi connectivity index (χ3v) is 4.55. The van der Waals surface area contributed by atoms with Gasteiger partial charge in [-0.1, -0.05) is 13.8 Å². The van der Waals surface area contributed by atoms with Gasteiger partial charge in [-0.2, -0.15) is 0 Å². The quantitative estimate of drug-likeness (QED) is 0.623. The monoisotopic (exact) mass is 320 g/mol. The number of hydrogen-bond donors (Lipinski definition) is 2. The van der Waals surface area contributed by atoms with Gasteiger partial charge in [0, 0.05) is 18.8 Å². The Balaban J connectivity index is 1.86. The first-order chi connectivity index (χ1) is 11.0. The Labute approximate surface area is 138 Å². The van der Waals surface area contributed by atoms with E-state index in [1.807, 2.05) is 0 Å². The number of aliphatic hydroxyl groups excluding tert-OH is 1. The number of likely N-dealkylation sites (tertiary alicyclic amines) is 1. The molecule has 0 saturated carbocycles. The summed E-state index contributed by atoms with van der Waals surface area (Å²) in [5.41, 5.74) is 1.31. The van der Waals surface area contributed by atoms with Gasteiger partial charge in [0.05, 0.1) is 12.2 Å². The lowest BCUT2D eigenvalue weighted by Gasteiger charge is -2.36. The van der Waals surface area contributed by atoms with E-state index in [4.69, 9.17) is 4.74 Å². The van der Waals surface area contributed by atoms with Crippen molar-refractivity contribution in [3.63, 3.8) is 0 Å². The fourth-order valence-electron chi connectivity index (χ4n) is 2.99. The van der Waals surface area contributed by atoms with Crippen LogP contribution in [0.15, 0.2) is 24.3 Å². The molecule has 1 aliphatic rings. The Morgan fingerprint density at radius 2 is 1.91 bits per heavy atom. The van der Waals surface area contributed by atoms with Crippen molar-refractivity contribution < 1.29 is 14.6 Å². The van der Waals surface area contributed by atoms with Crippen LogP contribution in [0.3, 0.4) is 0 Å². The van der Waals surface area contributed by atoms with Crippen LogP contribution >= 0.6 is 0 Å². The molecular weight excluding hydrogens is 292 g/mol. The third-order valence-electron chi connectivity index (χ3n) is 4.55. The van der Waals surface area contributed by atoms with Crippen LogP contribution in [-0.2, 0) is 4.74 Å². The van der Waals surface area contributed by atoms with Crippen molar-refractivity contribution in [1.82, 2.24) is 4.90 Å². The highest BCUT2D eigenvalue weighted by Crippen LogP contribution is 2.25. The standard InChI is InChI=1S/C18H28N2O3/c1-4-23-17(21)15-5-7-16(8-6-15)19-18(22)20-11-9-14(10-12-20)13(2)3/h5-8,13-14,18-19,22H,4,9-12H2,1-3H3. The third kappa shape index (κ3) is 4.94. The zero-order valence-corrected chi connectivity index (χ0v) is 14.3. The molecule has 5 nitrogen and oxygen atoms in total. The van der Waals surface area contributed by atoms with Gasteiger partial charge in [-0.05, 0) is 55.9 Å². The summed E-state index contributed by atoms with van der Waals surface area (Å²) in [4.78, 5) is 13.7. The molecule has 1 atom stereocenters. The highest BCUT2D eigenvalue weighted by Gasteiger charge is 2.25. The van der Waals surface area contributed by atoms with Crippen molar-refractivity contribution >= 4 is 11.7 Å². The predicted molar refractivity (Wildman–Crippen MR) is 91.2 cm³/mol. The van der Waals surface area contributed by atoms with Crippen LogP contribution in [0.1, 0.15) is 44.0 Å². The zero-order chi connectivity index (χ0) is 16.8. The summed E-state index contributed by atoms with van der Waals surface area (Å²) < 4.78 is 4.96. The maximum Gasteiger partial charge on any atom is 0.338 e. The molecule has 1 heterocycles. The Bertz CT molecular complexity index is 493. The second-order valence-electron chi connectivity index (χ2n) is 6.43. The molecule has 0 radical (unpaired) electrons. The molecular formula is C18H28N2O3. The van der Waals surface area contributed by atoms with Crippen molar-refractivity contribution in [1.29, 1.82) is 0 Å². The molecule has 0 aromatic heterocycles. The van der Waals surface area contributed by atoms with E-state index in [9.17, 15) is 9.90 Å². The number of nitrogens with zero attached hydrogens (tertiary/aromatic N) is 1. The second-order valence-corrected chi connectivity index (χ2v) is 6.43. The van der Waals surface area contributed by atoms with Gasteiger partial charge in [-0.3, -0.25) is 4.90 Å². The van der Waals surface area contributed by atoms with E-state index in [2.05, 4.69) is 24.1 Å². The fourth-order valence-corrected chi connectivity index (χ4v) is 2.99. The SMILES string of the molecule is CCOC(=O)c1ccc(NC(O)N2CCC(C(C)C)CC2)cc1. The zero-order valence-electron chi connectivity index (χ0n) is 14.3. The molecule has 2 rings (SSSR count). The van der Waals surface area contributed by atoms with E-state index in [0.717, 1.165) is 37.5 Å². The average molecular weight is 320 g/mol. The molecule has 1 aliphatic heterocycles. The van der Waals surface area contributed by atoms with Gasteiger partial charge >= 0.3 is 5.97 Å². The van der Waals surface area contributed by atoms with Crippen LogP contribution in [-0.4, -0.2) is 42.0 Å². The molecule has 1 aromatic rings. The molecule has 1 unspecified atom stereocenters. The minimum atomic E-state index is -0.698. The number of hydrogen-bond acceptors (Lipinski definition) is 5. The molecule has 0 spiro atoms. The van der Waals surface area contributed by atoms with Crippen molar-refractivity contribution in [3.8, 4) is 0 Å². The second kappa shape index (κ2) is 8.31. The number of anilines is 1. The Morgan fingerprint density at radius 3 is 2.43 bits per heavy atom. The molecule has 1 aromatic carbocycles. The number of nitrogens with one attached hydrogen (secondary N) is 1. The molecule has 2 N–H and O–H groups in total. The van der Waals surface area contributed by atoms with E-state index in [0.29, 0.717) is 18.1 Å². The van der Waals surface area contributed by atoms with E-state index in [1.54, 1.807) is 31.2 Å². The molecule has 128 valence electrons. The van der Waals surface area contributed by atoms with Crippen molar-refractivity contribution in [3.05, 3.63) is 29.8 Å². The molecule has 5 heteroatoms. The first-order valence-electron chi connectivity index (χ1n) is 8.47. The molecule has 1 saturated heterocycles. The Kier molecular flexibility index (Phi) is 6.42. The number of ether oxygens (including phenoxy) is 1. The van der Waals surface area contributed by atoms with E-state index in [-0.39, 0.29) is 5.97 Å². The van der Waals surface area contributed by atoms with Gasteiger partial charge < -0.3 is 15.2 Å². The number of aliphatic hydroxyl groups is 1. The lowest BCUT2D eigenvalue weighted by molar-refractivity contribution is -0.00151. The number of esters is 1. The van der Waals surface area contributed by atoms with E-state index < -0.39 is 6.35 Å². The maximum absolute atomic E-state index is 11.6. The van der Waals surface area contributed by atoms with Gasteiger partial charge in [-0.15, -0.1) is 0 Å². The maximum atomic E-state index is 11.6. The number of piperidine rings is 1.